The Balaban J connectivity index is 1.98. The van der Waals surface area contributed by atoms with Crippen LogP contribution in [0.15, 0.2) is 0 Å². The third kappa shape index (κ3) is 1.16. The van der Waals surface area contributed by atoms with Gasteiger partial charge < -0.3 is 4.74 Å². The monoisotopic (exact) mass is 100 g/mol. The molecule has 0 aromatic rings. The molecule has 42 valence electrons. The summed E-state index contributed by atoms with van der Waals surface area (Å²) in [5.74, 6) is 0.847. The highest BCUT2D eigenvalue weighted by molar-refractivity contribution is 4.82. The van der Waals surface area contributed by atoms with E-state index in [4.69, 9.17) is 4.74 Å². The van der Waals surface area contributed by atoms with Crippen molar-refractivity contribution in [3.05, 3.63) is 0 Å². The molecule has 1 saturated carbocycles. The van der Waals surface area contributed by atoms with Crippen LogP contribution in [0.1, 0.15) is 20.3 Å². The molecule has 1 rings (SSSR count). The van der Waals surface area contributed by atoms with Gasteiger partial charge in [-0.25, -0.2) is 0 Å². The third-order valence-corrected chi connectivity index (χ3v) is 1.42. The maximum Gasteiger partial charge on any atom is 0.0604 e. The summed E-state index contributed by atoms with van der Waals surface area (Å²) in [5, 5.41) is 0. The van der Waals surface area contributed by atoms with E-state index in [0.717, 1.165) is 12.5 Å². The van der Waals surface area contributed by atoms with E-state index < -0.39 is 0 Å². The molecule has 1 fully saturated rings. The van der Waals surface area contributed by atoms with Gasteiger partial charge in [0.15, 0.2) is 0 Å². The average Bonchev–Trinajstić information content (AvgIpc) is 2.22. The molecule has 0 radical (unpaired) electrons. The van der Waals surface area contributed by atoms with Crippen molar-refractivity contribution in [3.8, 4) is 0 Å². The van der Waals surface area contributed by atoms with Gasteiger partial charge in [-0.2, -0.15) is 0 Å². The van der Waals surface area contributed by atoms with Crippen LogP contribution >= 0.6 is 0 Å². The Labute approximate surface area is 44.7 Å². The average molecular weight is 100 g/mol. The predicted octanol–water partition coefficient (Wildman–Crippen LogP) is 1.43. The van der Waals surface area contributed by atoms with Gasteiger partial charge in [-0.15, -0.1) is 0 Å². The molecule has 0 aromatic carbocycles. The Hall–Kier alpha value is -0.0400. The summed E-state index contributed by atoms with van der Waals surface area (Å²) < 4.78 is 5.27. The Kier molecular flexibility index (Phi) is 1.33. The Bertz CT molecular complexity index is 61.2. The van der Waals surface area contributed by atoms with E-state index in [1.54, 1.807) is 0 Å². The van der Waals surface area contributed by atoms with Crippen molar-refractivity contribution in [2.45, 2.75) is 26.4 Å². The normalized spacial score (nSPS) is 38.6. The zero-order chi connectivity index (χ0) is 5.28. The van der Waals surface area contributed by atoms with Crippen LogP contribution in [0.3, 0.4) is 0 Å². The van der Waals surface area contributed by atoms with Crippen molar-refractivity contribution in [3.63, 3.8) is 0 Å². The minimum Gasteiger partial charge on any atom is -0.378 e. The van der Waals surface area contributed by atoms with Crippen LogP contribution in [-0.2, 0) is 4.74 Å². The summed E-state index contributed by atoms with van der Waals surface area (Å²) in [7, 11) is 0. The lowest BCUT2D eigenvalue weighted by molar-refractivity contribution is 0.123. The Morgan fingerprint density at radius 1 is 1.71 bits per heavy atom. The summed E-state index contributed by atoms with van der Waals surface area (Å²) in [5.41, 5.74) is 0. The van der Waals surface area contributed by atoms with Crippen LogP contribution in [0.5, 0.6) is 0 Å². The first-order chi connectivity index (χ1) is 3.34. The molecule has 0 bridgehead atoms. The first kappa shape index (κ1) is 5.10. The quantitative estimate of drug-likeness (QED) is 0.510. The number of ether oxygens (including phenoxy) is 1. The second kappa shape index (κ2) is 1.83. The van der Waals surface area contributed by atoms with Crippen LogP contribution in [0.2, 0.25) is 0 Å². The largest absolute Gasteiger partial charge is 0.378 e. The second-order valence-corrected chi connectivity index (χ2v) is 2.21. The van der Waals surface area contributed by atoms with Gasteiger partial charge in [-0.3, -0.25) is 0 Å². The lowest BCUT2D eigenvalue weighted by Gasteiger charge is -1.92. The lowest BCUT2D eigenvalue weighted by atomic mass is 10.5. The van der Waals surface area contributed by atoms with Gasteiger partial charge in [0.2, 0.25) is 0 Å². The molecule has 7 heavy (non-hydrogen) atoms. The Morgan fingerprint density at radius 2 is 2.29 bits per heavy atom. The molecular formula is C6H12O. The topological polar surface area (TPSA) is 9.23 Å². The SMILES string of the molecule is CCO[C@H]1C[C@@H]1C. The highest BCUT2D eigenvalue weighted by Gasteiger charge is 2.32. The molecule has 1 heteroatoms. The van der Waals surface area contributed by atoms with Crippen molar-refractivity contribution in [1.82, 2.24) is 0 Å². The molecule has 0 aromatic heterocycles. The fourth-order valence-electron chi connectivity index (χ4n) is 0.734. The second-order valence-electron chi connectivity index (χ2n) is 2.21. The van der Waals surface area contributed by atoms with Crippen LogP contribution in [0.25, 0.3) is 0 Å². The molecule has 0 unspecified atom stereocenters. The molecule has 1 aliphatic carbocycles. The molecule has 0 amide bonds. The van der Waals surface area contributed by atoms with Gasteiger partial charge in [0.1, 0.15) is 0 Å². The molecule has 2 atom stereocenters. The minimum absolute atomic E-state index is 0.616. The number of hydrogen-bond donors (Lipinski definition) is 0. The van der Waals surface area contributed by atoms with Gasteiger partial charge in [-0.1, -0.05) is 6.92 Å². The van der Waals surface area contributed by atoms with E-state index in [1.807, 2.05) is 6.92 Å². The van der Waals surface area contributed by atoms with Crippen LogP contribution in [-0.4, -0.2) is 12.7 Å². The third-order valence-electron chi connectivity index (χ3n) is 1.42. The van der Waals surface area contributed by atoms with E-state index in [9.17, 15) is 0 Å². The van der Waals surface area contributed by atoms with E-state index in [2.05, 4.69) is 6.92 Å². The van der Waals surface area contributed by atoms with Crippen molar-refractivity contribution in [2.75, 3.05) is 6.61 Å². The highest BCUT2D eigenvalue weighted by Crippen LogP contribution is 2.32. The fraction of sp³-hybridized carbons (Fsp3) is 1.00. The standard InChI is InChI=1S/C6H12O/c1-3-7-6-4-5(6)2/h5-6H,3-4H2,1-2H3/t5-,6-/m0/s1. The molecule has 0 spiro atoms. The van der Waals surface area contributed by atoms with Gasteiger partial charge in [-0.05, 0) is 19.3 Å². The maximum absolute atomic E-state index is 5.27. The number of rotatable bonds is 2. The predicted molar refractivity (Wildman–Crippen MR) is 29.2 cm³/mol. The lowest BCUT2D eigenvalue weighted by Crippen LogP contribution is -1.92. The van der Waals surface area contributed by atoms with Crippen molar-refractivity contribution in [1.29, 1.82) is 0 Å². The maximum atomic E-state index is 5.27. The Morgan fingerprint density at radius 3 is 2.43 bits per heavy atom. The highest BCUT2D eigenvalue weighted by atomic mass is 16.5. The van der Waals surface area contributed by atoms with Gasteiger partial charge in [0.05, 0.1) is 6.10 Å². The van der Waals surface area contributed by atoms with Crippen molar-refractivity contribution >= 4 is 0 Å². The molecule has 1 nitrogen and oxygen atoms in total. The summed E-state index contributed by atoms with van der Waals surface area (Å²) >= 11 is 0. The van der Waals surface area contributed by atoms with Gasteiger partial charge in [0.25, 0.3) is 0 Å². The molecular weight excluding hydrogens is 88.1 g/mol. The van der Waals surface area contributed by atoms with Crippen LogP contribution < -0.4 is 0 Å². The molecule has 0 saturated heterocycles. The van der Waals surface area contributed by atoms with Crippen molar-refractivity contribution in [2.24, 2.45) is 5.92 Å². The van der Waals surface area contributed by atoms with E-state index >= 15 is 0 Å². The molecule has 1 aliphatic rings. The number of hydrogen-bond acceptors (Lipinski definition) is 1. The van der Waals surface area contributed by atoms with E-state index in [1.165, 1.54) is 6.42 Å². The van der Waals surface area contributed by atoms with E-state index in [-0.39, 0.29) is 0 Å². The first-order valence-corrected chi connectivity index (χ1v) is 2.96. The molecule has 0 heterocycles. The first-order valence-electron chi connectivity index (χ1n) is 2.96. The zero-order valence-electron chi connectivity index (χ0n) is 4.98. The summed E-state index contributed by atoms with van der Waals surface area (Å²) in [6.07, 6.45) is 1.90. The zero-order valence-corrected chi connectivity index (χ0v) is 4.98. The van der Waals surface area contributed by atoms with Crippen LogP contribution in [0, 0.1) is 5.92 Å². The fourth-order valence-corrected chi connectivity index (χ4v) is 0.734. The van der Waals surface area contributed by atoms with Gasteiger partial charge in [0, 0.05) is 6.61 Å². The van der Waals surface area contributed by atoms with Gasteiger partial charge >= 0.3 is 0 Å². The smallest absolute Gasteiger partial charge is 0.0604 e. The summed E-state index contributed by atoms with van der Waals surface area (Å²) in [6, 6.07) is 0. The van der Waals surface area contributed by atoms with Crippen LogP contribution in [0.4, 0.5) is 0 Å². The van der Waals surface area contributed by atoms with Crippen molar-refractivity contribution < 1.29 is 4.74 Å². The minimum atomic E-state index is 0.616. The molecule has 0 aliphatic heterocycles. The van der Waals surface area contributed by atoms with E-state index in [0.29, 0.717) is 6.10 Å². The summed E-state index contributed by atoms with van der Waals surface area (Å²) in [4.78, 5) is 0. The molecule has 0 N–H and O–H groups in total. The summed E-state index contributed by atoms with van der Waals surface area (Å²) in [6.45, 7) is 5.15.